The van der Waals surface area contributed by atoms with Crippen LogP contribution < -0.4 is 5.32 Å². The molecule has 1 aromatic rings. The molecule has 0 radical (unpaired) electrons. The summed E-state index contributed by atoms with van der Waals surface area (Å²) in [7, 11) is 0. The Labute approximate surface area is 114 Å². The Morgan fingerprint density at radius 1 is 1.50 bits per heavy atom. The first-order valence-corrected chi connectivity index (χ1v) is 6.06. The van der Waals surface area contributed by atoms with E-state index in [2.05, 4.69) is 10.3 Å². The SMILES string of the molecule is CCC[C@@H](NC(=O)c1cnc(Cl)c(Cl)c1)C(=O)O. The number of rotatable bonds is 5. The maximum absolute atomic E-state index is 11.8. The molecular weight excluding hydrogens is 279 g/mol. The molecule has 0 saturated carbocycles. The van der Waals surface area contributed by atoms with Crippen molar-refractivity contribution in [3.8, 4) is 0 Å². The highest BCUT2D eigenvalue weighted by molar-refractivity contribution is 6.41. The summed E-state index contributed by atoms with van der Waals surface area (Å²) in [5, 5.41) is 11.6. The van der Waals surface area contributed by atoms with Crippen molar-refractivity contribution in [2.75, 3.05) is 0 Å². The molecule has 1 heterocycles. The van der Waals surface area contributed by atoms with Crippen LogP contribution in [0.1, 0.15) is 30.1 Å². The van der Waals surface area contributed by atoms with E-state index in [4.69, 9.17) is 28.3 Å². The van der Waals surface area contributed by atoms with Gasteiger partial charge in [0.1, 0.15) is 11.2 Å². The molecule has 98 valence electrons. The second kappa shape index (κ2) is 6.56. The van der Waals surface area contributed by atoms with Crippen LogP contribution >= 0.6 is 23.2 Å². The number of amides is 1. The number of halogens is 2. The van der Waals surface area contributed by atoms with Crippen molar-refractivity contribution >= 4 is 35.1 Å². The fourth-order valence-electron chi connectivity index (χ4n) is 1.33. The molecule has 1 aromatic heterocycles. The molecule has 0 aliphatic carbocycles. The van der Waals surface area contributed by atoms with Crippen LogP contribution in [-0.4, -0.2) is 28.0 Å². The van der Waals surface area contributed by atoms with Crippen molar-refractivity contribution in [2.45, 2.75) is 25.8 Å². The summed E-state index contributed by atoms with van der Waals surface area (Å²) in [4.78, 5) is 26.4. The minimum atomic E-state index is -1.07. The first kappa shape index (κ1) is 14.7. The number of hydrogen-bond donors (Lipinski definition) is 2. The molecule has 0 aliphatic heterocycles. The summed E-state index contributed by atoms with van der Waals surface area (Å²) in [5.41, 5.74) is 0.173. The molecule has 0 bridgehead atoms. The molecule has 1 rings (SSSR count). The molecule has 2 N–H and O–H groups in total. The zero-order chi connectivity index (χ0) is 13.7. The quantitative estimate of drug-likeness (QED) is 0.816. The first-order chi connectivity index (χ1) is 8.45. The molecule has 5 nitrogen and oxygen atoms in total. The Morgan fingerprint density at radius 3 is 2.67 bits per heavy atom. The molecule has 0 aromatic carbocycles. The molecule has 0 unspecified atom stereocenters. The van der Waals surface area contributed by atoms with Gasteiger partial charge in [-0.25, -0.2) is 9.78 Å². The number of carbonyl (C=O) groups excluding carboxylic acids is 1. The van der Waals surface area contributed by atoms with Crippen LogP contribution in [0, 0.1) is 0 Å². The van der Waals surface area contributed by atoms with Gasteiger partial charge in [0.15, 0.2) is 0 Å². The maximum atomic E-state index is 11.8. The van der Waals surface area contributed by atoms with Gasteiger partial charge >= 0.3 is 5.97 Å². The minimum Gasteiger partial charge on any atom is -0.480 e. The van der Waals surface area contributed by atoms with E-state index in [1.807, 2.05) is 6.92 Å². The largest absolute Gasteiger partial charge is 0.480 e. The Bertz CT molecular complexity index is 466. The van der Waals surface area contributed by atoms with E-state index in [1.165, 1.54) is 12.3 Å². The highest BCUT2D eigenvalue weighted by atomic mass is 35.5. The van der Waals surface area contributed by atoms with Crippen LogP contribution in [0.4, 0.5) is 0 Å². The summed E-state index contributed by atoms with van der Waals surface area (Å²) in [6, 6.07) is 0.425. The molecule has 0 spiro atoms. The van der Waals surface area contributed by atoms with Gasteiger partial charge in [-0.3, -0.25) is 4.79 Å². The summed E-state index contributed by atoms with van der Waals surface area (Å²) in [6.45, 7) is 1.84. The lowest BCUT2D eigenvalue weighted by Crippen LogP contribution is -2.40. The van der Waals surface area contributed by atoms with Crippen LogP contribution in [0.15, 0.2) is 12.3 Å². The predicted octanol–water partition coefficient (Wildman–Crippen LogP) is 2.37. The van der Waals surface area contributed by atoms with Gasteiger partial charge in [0, 0.05) is 6.20 Å². The van der Waals surface area contributed by atoms with E-state index in [-0.39, 0.29) is 15.7 Å². The highest BCUT2D eigenvalue weighted by Crippen LogP contribution is 2.19. The lowest BCUT2D eigenvalue weighted by molar-refractivity contribution is -0.139. The van der Waals surface area contributed by atoms with Crippen molar-refractivity contribution in [3.05, 3.63) is 28.0 Å². The average Bonchev–Trinajstić information content (AvgIpc) is 2.31. The van der Waals surface area contributed by atoms with Gasteiger partial charge in [-0.2, -0.15) is 0 Å². The summed E-state index contributed by atoms with van der Waals surface area (Å²) in [5.74, 6) is -1.61. The maximum Gasteiger partial charge on any atom is 0.326 e. The van der Waals surface area contributed by atoms with Crippen LogP contribution in [0.3, 0.4) is 0 Å². The summed E-state index contributed by atoms with van der Waals surface area (Å²) in [6.07, 6.45) is 2.25. The second-order valence-corrected chi connectivity index (χ2v) is 4.41. The van der Waals surface area contributed by atoms with E-state index >= 15 is 0 Å². The van der Waals surface area contributed by atoms with Crippen LogP contribution in [0.2, 0.25) is 10.2 Å². The predicted molar refractivity (Wildman–Crippen MR) is 68.1 cm³/mol. The molecule has 1 amide bonds. The zero-order valence-corrected chi connectivity index (χ0v) is 11.1. The smallest absolute Gasteiger partial charge is 0.326 e. The second-order valence-electron chi connectivity index (χ2n) is 3.65. The molecule has 0 aliphatic rings. The summed E-state index contributed by atoms with van der Waals surface area (Å²) >= 11 is 11.3. The fraction of sp³-hybridized carbons (Fsp3) is 0.364. The van der Waals surface area contributed by atoms with E-state index in [9.17, 15) is 9.59 Å². The van der Waals surface area contributed by atoms with Crippen molar-refractivity contribution < 1.29 is 14.7 Å². The molecular formula is C11H12Cl2N2O3. The monoisotopic (exact) mass is 290 g/mol. The fourth-order valence-corrected chi connectivity index (χ4v) is 1.60. The third kappa shape index (κ3) is 3.85. The number of carbonyl (C=O) groups is 2. The Kier molecular flexibility index (Phi) is 5.37. The molecule has 7 heteroatoms. The third-order valence-corrected chi connectivity index (χ3v) is 2.93. The Morgan fingerprint density at radius 2 is 2.17 bits per heavy atom. The van der Waals surface area contributed by atoms with E-state index < -0.39 is 17.9 Å². The molecule has 0 fully saturated rings. The lowest BCUT2D eigenvalue weighted by Gasteiger charge is -2.13. The number of aromatic nitrogens is 1. The van der Waals surface area contributed by atoms with Gasteiger partial charge < -0.3 is 10.4 Å². The van der Waals surface area contributed by atoms with Crippen LogP contribution in [0.5, 0.6) is 0 Å². The number of nitrogens with one attached hydrogen (secondary N) is 1. The number of hydrogen-bond acceptors (Lipinski definition) is 3. The van der Waals surface area contributed by atoms with Gasteiger partial charge in [-0.05, 0) is 12.5 Å². The van der Waals surface area contributed by atoms with Crippen molar-refractivity contribution in [3.63, 3.8) is 0 Å². The molecule has 0 saturated heterocycles. The lowest BCUT2D eigenvalue weighted by atomic mass is 10.1. The van der Waals surface area contributed by atoms with Crippen LogP contribution in [0.25, 0.3) is 0 Å². The Hall–Kier alpha value is -1.33. The number of carboxylic acids is 1. The zero-order valence-electron chi connectivity index (χ0n) is 9.61. The number of aliphatic carboxylic acids is 1. The summed E-state index contributed by atoms with van der Waals surface area (Å²) < 4.78 is 0. The molecule has 18 heavy (non-hydrogen) atoms. The van der Waals surface area contributed by atoms with Crippen molar-refractivity contribution in [1.82, 2.24) is 10.3 Å². The average molecular weight is 291 g/mol. The topological polar surface area (TPSA) is 79.3 Å². The van der Waals surface area contributed by atoms with E-state index in [0.29, 0.717) is 12.8 Å². The van der Waals surface area contributed by atoms with E-state index in [0.717, 1.165) is 0 Å². The number of pyridine rings is 1. The van der Waals surface area contributed by atoms with Gasteiger partial charge in [-0.15, -0.1) is 0 Å². The third-order valence-electron chi connectivity index (χ3n) is 2.24. The minimum absolute atomic E-state index is 0.0940. The van der Waals surface area contributed by atoms with Crippen molar-refractivity contribution in [1.29, 1.82) is 0 Å². The van der Waals surface area contributed by atoms with Gasteiger partial charge in [-0.1, -0.05) is 36.5 Å². The van der Waals surface area contributed by atoms with E-state index in [1.54, 1.807) is 0 Å². The van der Waals surface area contributed by atoms with Crippen molar-refractivity contribution in [2.24, 2.45) is 0 Å². The van der Waals surface area contributed by atoms with Gasteiger partial charge in [0.25, 0.3) is 5.91 Å². The molecule has 1 atom stereocenters. The standard InChI is InChI=1S/C11H12Cl2N2O3/c1-2-3-8(11(17)18)15-10(16)6-4-7(12)9(13)14-5-6/h4-5,8H,2-3H2,1H3,(H,15,16)(H,17,18)/t8-/m1/s1. The first-order valence-electron chi connectivity index (χ1n) is 5.30. The van der Waals surface area contributed by atoms with Gasteiger partial charge in [0.05, 0.1) is 10.6 Å². The number of nitrogens with zero attached hydrogens (tertiary/aromatic N) is 1. The van der Waals surface area contributed by atoms with Gasteiger partial charge in [0.2, 0.25) is 0 Å². The van der Waals surface area contributed by atoms with Crippen LogP contribution in [-0.2, 0) is 4.79 Å². The Balaban J connectivity index is 2.80. The highest BCUT2D eigenvalue weighted by Gasteiger charge is 2.20. The normalized spacial score (nSPS) is 11.9. The number of carboxylic acid groups (broad SMARTS) is 1.